The van der Waals surface area contributed by atoms with Crippen molar-refractivity contribution in [2.45, 2.75) is 20.0 Å². The number of para-hydroxylation sites is 1. The van der Waals surface area contributed by atoms with E-state index in [1.165, 1.54) is 11.3 Å². The van der Waals surface area contributed by atoms with Gasteiger partial charge in [-0.3, -0.25) is 0 Å². The van der Waals surface area contributed by atoms with Crippen LogP contribution in [0, 0.1) is 6.92 Å². The van der Waals surface area contributed by atoms with Crippen LogP contribution in [0.4, 0.5) is 10.5 Å². The summed E-state index contributed by atoms with van der Waals surface area (Å²) >= 11 is 1.58. The van der Waals surface area contributed by atoms with Crippen molar-refractivity contribution in [2.24, 2.45) is 0 Å². The molecule has 1 aromatic heterocycles. The van der Waals surface area contributed by atoms with E-state index in [0.717, 1.165) is 17.2 Å². The number of urea groups is 1. The number of thiazole rings is 1. The van der Waals surface area contributed by atoms with E-state index in [0.29, 0.717) is 19.6 Å². The molecule has 1 aromatic carbocycles. The van der Waals surface area contributed by atoms with Crippen molar-refractivity contribution < 1.29 is 4.79 Å². The van der Waals surface area contributed by atoms with Gasteiger partial charge in [0.2, 0.25) is 0 Å². The first-order valence-electron chi connectivity index (χ1n) is 7.36. The molecule has 6 heteroatoms. The van der Waals surface area contributed by atoms with Gasteiger partial charge < -0.3 is 15.1 Å². The van der Waals surface area contributed by atoms with Crippen molar-refractivity contribution >= 4 is 23.1 Å². The van der Waals surface area contributed by atoms with E-state index in [1.807, 2.05) is 29.3 Å². The van der Waals surface area contributed by atoms with Gasteiger partial charge in [-0.15, -0.1) is 11.3 Å². The summed E-state index contributed by atoms with van der Waals surface area (Å²) in [4.78, 5) is 20.9. The summed E-state index contributed by atoms with van der Waals surface area (Å²) in [5.74, 6) is 0. The molecule has 0 atom stereocenters. The number of aryl methyl sites for hydroxylation is 1. The Morgan fingerprint density at radius 3 is 2.95 bits per heavy atom. The predicted molar refractivity (Wildman–Crippen MR) is 89.2 cm³/mol. The fraction of sp³-hybridized carbons (Fsp3) is 0.375. The lowest BCUT2D eigenvalue weighted by Gasteiger charge is -2.21. The summed E-state index contributed by atoms with van der Waals surface area (Å²) in [5, 5.41) is 5.91. The Bertz CT molecular complexity index is 670. The highest BCUT2D eigenvalue weighted by Gasteiger charge is 2.20. The third-order valence-corrected chi connectivity index (χ3v) is 4.78. The van der Waals surface area contributed by atoms with Gasteiger partial charge in [0.15, 0.2) is 0 Å². The van der Waals surface area contributed by atoms with Gasteiger partial charge in [-0.25, -0.2) is 9.78 Å². The molecule has 0 bridgehead atoms. The fourth-order valence-electron chi connectivity index (χ4n) is 2.61. The van der Waals surface area contributed by atoms with E-state index < -0.39 is 0 Å². The lowest BCUT2D eigenvalue weighted by atomic mass is 10.1. The fourth-order valence-corrected chi connectivity index (χ4v) is 3.32. The first kappa shape index (κ1) is 14.8. The van der Waals surface area contributed by atoms with Gasteiger partial charge >= 0.3 is 6.03 Å². The van der Waals surface area contributed by atoms with Crippen LogP contribution in [-0.4, -0.2) is 36.1 Å². The second-order valence-corrected chi connectivity index (χ2v) is 6.46. The second kappa shape index (κ2) is 6.36. The lowest BCUT2D eigenvalue weighted by molar-refractivity contribution is 0.197. The van der Waals surface area contributed by atoms with Crippen LogP contribution in [-0.2, 0) is 13.1 Å². The van der Waals surface area contributed by atoms with Gasteiger partial charge in [-0.05, 0) is 18.6 Å². The molecule has 0 aliphatic carbocycles. The molecule has 3 rings (SSSR count). The van der Waals surface area contributed by atoms with Crippen LogP contribution in [0.2, 0.25) is 0 Å². The number of nitrogens with zero attached hydrogens (tertiary/aromatic N) is 3. The molecule has 2 heterocycles. The zero-order valence-electron chi connectivity index (χ0n) is 12.9. The molecular formula is C16H20N4OS. The summed E-state index contributed by atoms with van der Waals surface area (Å²) < 4.78 is 0. The van der Waals surface area contributed by atoms with E-state index in [9.17, 15) is 4.79 Å². The molecule has 2 amide bonds. The normalized spacial score (nSPS) is 14.5. The van der Waals surface area contributed by atoms with Crippen LogP contribution in [0.25, 0.3) is 0 Å². The summed E-state index contributed by atoms with van der Waals surface area (Å²) in [7, 11) is 2.07. The molecule has 0 fully saturated rings. The molecule has 0 spiro atoms. The number of hydrogen-bond donors (Lipinski definition) is 1. The van der Waals surface area contributed by atoms with Crippen LogP contribution >= 0.6 is 11.3 Å². The number of benzene rings is 1. The minimum atomic E-state index is -0.0297. The Labute approximate surface area is 134 Å². The van der Waals surface area contributed by atoms with E-state index >= 15 is 0 Å². The Balaban J connectivity index is 1.66. The largest absolute Gasteiger partial charge is 0.373 e. The van der Waals surface area contributed by atoms with Gasteiger partial charge in [0.05, 0.1) is 6.54 Å². The average molecular weight is 316 g/mol. The van der Waals surface area contributed by atoms with Gasteiger partial charge in [0.1, 0.15) is 5.01 Å². The molecule has 0 unspecified atom stereocenters. The van der Waals surface area contributed by atoms with Crippen molar-refractivity contribution in [1.82, 2.24) is 15.2 Å². The molecule has 1 N–H and O–H groups in total. The molecule has 1 aliphatic rings. The number of likely N-dealkylation sites (N-methyl/N-ethyl adjacent to an activating group) is 1. The molecular weight excluding hydrogens is 296 g/mol. The standard InChI is InChI=1S/C16H20N4OS/c1-12-11-22-15(18-12)9-17-16(21)20-8-7-19(2)14-6-4-3-5-13(14)10-20/h3-6,11H,7-10H2,1-2H3,(H,17,21). The van der Waals surface area contributed by atoms with Crippen LogP contribution in [0.5, 0.6) is 0 Å². The first-order chi connectivity index (χ1) is 10.6. The van der Waals surface area contributed by atoms with E-state index in [-0.39, 0.29) is 6.03 Å². The summed E-state index contributed by atoms with van der Waals surface area (Å²) in [6, 6.07) is 8.22. The number of carbonyl (C=O) groups excluding carboxylic acids is 1. The van der Waals surface area contributed by atoms with Crippen molar-refractivity contribution in [3.8, 4) is 0 Å². The average Bonchev–Trinajstić information content (AvgIpc) is 2.86. The predicted octanol–water partition coefficient (Wildman–Crippen LogP) is 2.61. The molecule has 116 valence electrons. The third kappa shape index (κ3) is 3.22. The zero-order chi connectivity index (χ0) is 15.5. The quantitative estimate of drug-likeness (QED) is 0.926. The number of aromatic nitrogens is 1. The smallest absolute Gasteiger partial charge is 0.318 e. The molecule has 0 saturated heterocycles. The van der Waals surface area contributed by atoms with Crippen molar-refractivity contribution in [2.75, 3.05) is 25.0 Å². The molecule has 1 aliphatic heterocycles. The molecule has 2 aromatic rings. The van der Waals surface area contributed by atoms with Crippen molar-refractivity contribution in [3.05, 3.63) is 45.9 Å². The Kier molecular flexibility index (Phi) is 4.29. The van der Waals surface area contributed by atoms with Crippen LogP contribution in [0.1, 0.15) is 16.3 Å². The molecule has 5 nitrogen and oxygen atoms in total. The van der Waals surface area contributed by atoms with E-state index in [2.05, 4.69) is 34.4 Å². The maximum Gasteiger partial charge on any atom is 0.318 e. The number of fused-ring (bicyclic) bond motifs is 1. The highest BCUT2D eigenvalue weighted by Crippen LogP contribution is 2.23. The number of anilines is 1. The number of carbonyl (C=O) groups is 1. The molecule has 22 heavy (non-hydrogen) atoms. The molecule has 0 radical (unpaired) electrons. The third-order valence-electron chi connectivity index (χ3n) is 3.81. The molecule has 0 saturated carbocycles. The summed E-state index contributed by atoms with van der Waals surface area (Å²) in [6.45, 7) is 4.65. The van der Waals surface area contributed by atoms with Gasteiger partial charge in [0.25, 0.3) is 0 Å². The SMILES string of the molecule is Cc1csc(CNC(=O)N2CCN(C)c3ccccc3C2)n1. The number of rotatable bonds is 2. The van der Waals surface area contributed by atoms with Gasteiger partial charge in [-0.2, -0.15) is 0 Å². The first-order valence-corrected chi connectivity index (χ1v) is 8.24. The number of amides is 2. The number of hydrogen-bond acceptors (Lipinski definition) is 4. The van der Waals surface area contributed by atoms with Crippen molar-refractivity contribution in [3.63, 3.8) is 0 Å². The van der Waals surface area contributed by atoms with Gasteiger partial charge in [0, 0.05) is 43.4 Å². The van der Waals surface area contributed by atoms with Crippen LogP contribution < -0.4 is 10.2 Å². The highest BCUT2D eigenvalue weighted by atomic mass is 32.1. The lowest BCUT2D eigenvalue weighted by Crippen LogP contribution is -2.41. The Morgan fingerprint density at radius 2 is 2.18 bits per heavy atom. The topological polar surface area (TPSA) is 48.5 Å². The minimum Gasteiger partial charge on any atom is -0.373 e. The summed E-state index contributed by atoms with van der Waals surface area (Å²) in [5.41, 5.74) is 3.38. The zero-order valence-corrected chi connectivity index (χ0v) is 13.7. The van der Waals surface area contributed by atoms with Crippen molar-refractivity contribution in [1.29, 1.82) is 0 Å². The van der Waals surface area contributed by atoms with E-state index in [1.54, 1.807) is 11.3 Å². The second-order valence-electron chi connectivity index (χ2n) is 5.51. The minimum absolute atomic E-state index is 0.0297. The maximum absolute atomic E-state index is 12.4. The number of nitrogens with one attached hydrogen (secondary N) is 1. The highest BCUT2D eigenvalue weighted by molar-refractivity contribution is 7.09. The van der Waals surface area contributed by atoms with Gasteiger partial charge in [-0.1, -0.05) is 18.2 Å². The van der Waals surface area contributed by atoms with E-state index in [4.69, 9.17) is 0 Å². The Hall–Kier alpha value is -2.08. The summed E-state index contributed by atoms with van der Waals surface area (Å²) in [6.07, 6.45) is 0. The Morgan fingerprint density at radius 1 is 1.36 bits per heavy atom. The van der Waals surface area contributed by atoms with Crippen LogP contribution in [0.3, 0.4) is 0 Å². The van der Waals surface area contributed by atoms with Crippen LogP contribution in [0.15, 0.2) is 29.6 Å². The maximum atomic E-state index is 12.4. The monoisotopic (exact) mass is 316 g/mol.